The van der Waals surface area contributed by atoms with E-state index in [-0.39, 0.29) is 0 Å². The molecule has 7 aromatic carbocycles. The molecule has 2 nitrogen and oxygen atoms in total. The third-order valence-corrected chi connectivity index (χ3v) is 11.1. The number of aromatic nitrogens is 2. The van der Waals surface area contributed by atoms with Gasteiger partial charge in [0.1, 0.15) is 0 Å². The normalized spacial score (nSPS) is 12.1. The highest BCUT2D eigenvalue weighted by atomic mass is 32.1. The Morgan fingerprint density at radius 2 is 1.00 bits per heavy atom. The molecular weight excluding hydrogens is 573 g/mol. The van der Waals surface area contributed by atoms with Gasteiger partial charge in [0, 0.05) is 56.9 Å². The summed E-state index contributed by atoms with van der Waals surface area (Å²) in [6.45, 7) is 0. The van der Waals surface area contributed by atoms with E-state index in [4.69, 9.17) is 9.97 Å². The Morgan fingerprint density at radius 3 is 1.80 bits per heavy atom. The van der Waals surface area contributed by atoms with E-state index in [9.17, 15) is 0 Å². The number of hydrogen-bond donors (Lipinski definition) is 0. The van der Waals surface area contributed by atoms with Crippen LogP contribution in [0.5, 0.6) is 0 Å². The largest absolute Gasteiger partial charge is 0.228 e. The van der Waals surface area contributed by atoms with E-state index in [1.54, 1.807) is 0 Å². The van der Waals surface area contributed by atoms with Crippen molar-refractivity contribution in [3.8, 4) is 22.6 Å². The Bertz CT molecular complexity index is 2790. The van der Waals surface area contributed by atoms with Gasteiger partial charge in [-0.1, -0.05) is 84.9 Å². The molecule has 0 bridgehead atoms. The molecule has 0 radical (unpaired) electrons. The number of hydrogen-bond acceptors (Lipinski definition) is 4. The van der Waals surface area contributed by atoms with Crippen LogP contribution in [0.3, 0.4) is 0 Å². The Balaban J connectivity index is 1.27. The van der Waals surface area contributed by atoms with Crippen LogP contribution in [0.25, 0.3) is 95.4 Å². The third kappa shape index (κ3) is 3.53. The molecule has 3 aromatic heterocycles. The van der Waals surface area contributed by atoms with Gasteiger partial charge in [0.05, 0.1) is 11.2 Å². The molecule has 204 valence electrons. The smallest absolute Gasteiger partial charge is 0.161 e. The lowest BCUT2D eigenvalue weighted by Gasteiger charge is -2.13. The van der Waals surface area contributed by atoms with Gasteiger partial charge in [-0.3, -0.25) is 0 Å². The van der Waals surface area contributed by atoms with Crippen LogP contribution in [0.2, 0.25) is 0 Å². The zero-order valence-corrected chi connectivity index (χ0v) is 25.0. The molecule has 0 spiro atoms. The maximum Gasteiger partial charge on any atom is 0.161 e. The highest BCUT2D eigenvalue weighted by Gasteiger charge is 2.17. The van der Waals surface area contributed by atoms with Crippen molar-refractivity contribution in [2.24, 2.45) is 0 Å². The third-order valence-electron chi connectivity index (χ3n) is 8.85. The number of fused-ring (bicyclic) bond motifs is 10. The van der Waals surface area contributed by atoms with Gasteiger partial charge in [0.2, 0.25) is 0 Å². The maximum absolute atomic E-state index is 5.37. The van der Waals surface area contributed by atoms with E-state index >= 15 is 0 Å². The quantitative estimate of drug-likeness (QED) is 0.186. The maximum atomic E-state index is 5.37. The van der Waals surface area contributed by atoms with Crippen molar-refractivity contribution in [2.75, 3.05) is 0 Å². The second kappa shape index (κ2) is 9.17. The molecule has 10 rings (SSSR count). The van der Waals surface area contributed by atoms with Crippen LogP contribution in [0.1, 0.15) is 0 Å². The summed E-state index contributed by atoms with van der Waals surface area (Å²) in [6, 6.07) is 48.2. The fourth-order valence-corrected chi connectivity index (χ4v) is 9.02. The molecule has 0 saturated carbocycles. The summed E-state index contributed by atoms with van der Waals surface area (Å²) >= 11 is 3.71. The highest BCUT2D eigenvalue weighted by Crippen LogP contribution is 2.42. The molecule has 0 N–H and O–H groups in total. The zero-order valence-electron chi connectivity index (χ0n) is 23.4. The van der Waals surface area contributed by atoms with Crippen LogP contribution in [0.4, 0.5) is 0 Å². The first-order valence-electron chi connectivity index (χ1n) is 14.7. The van der Waals surface area contributed by atoms with Gasteiger partial charge in [-0.25, -0.2) is 9.97 Å². The summed E-state index contributed by atoms with van der Waals surface area (Å²) in [5, 5.41) is 11.1. The Kier molecular flexibility index (Phi) is 5.06. The lowest BCUT2D eigenvalue weighted by molar-refractivity contribution is 1.24. The molecule has 0 aliphatic carbocycles. The van der Waals surface area contributed by atoms with Gasteiger partial charge in [-0.2, -0.15) is 0 Å². The van der Waals surface area contributed by atoms with E-state index < -0.39 is 0 Å². The molecule has 4 heteroatoms. The predicted molar refractivity (Wildman–Crippen MR) is 191 cm³/mol. The van der Waals surface area contributed by atoms with Gasteiger partial charge in [0.15, 0.2) is 5.82 Å². The molecule has 3 heterocycles. The number of benzene rings is 7. The molecule has 44 heavy (non-hydrogen) atoms. The Hall–Kier alpha value is -5.16. The minimum absolute atomic E-state index is 0.752. The van der Waals surface area contributed by atoms with Crippen molar-refractivity contribution >= 4 is 95.5 Å². The van der Waals surface area contributed by atoms with Crippen LogP contribution in [-0.2, 0) is 0 Å². The van der Waals surface area contributed by atoms with Gasteiger partial charge >= 0.3 is 0 Å². The Morgan fingerprint density at radius 1 is 0.386 bits per heavy atom. The van der Waals surface area contributed by atoms with E-state index in [0.717, 1.165) is 33.5 Å². The fourth-order valence-electron chi connectivity index (χ4n) is 6.80. The molecule has 0 atom stereocenters. The first kappa shape index (κ1) is 24.3. The summed E-state index contributed by atoms with van der Waals surface area (Å²) in [4.78, 5) is 10.6. The van der Waals surface area contributed by atoms with Gasteiger partial charge in [-0.05, 0) is 70.1 Å². The summed E-state index contributed by atoms with van der Waals surface area (Å²) in [5.74, 6) is 0.752. The minimum Gasteiger partial charge on any atom is -0.228 e. The Labute approximate surface area is 260 Å². The first-order chi connectivity index (χ1) is 21.8. The minimum atomic E-state index is 0.752. The number of rotatable bonds is 2. The monoisotopic (exact) mass is 594 g/mol. The second-order valence-corrected chi connectivity index (χ2v) is 13.5. The lowest BCUT2D eigenvalue weighted by atomic mass is 9.95. The molecule has 0 fully saturated rings. The summed E-state index contributed by atoms with van der Waals surface area (Å²) < 4.78 is 5.24. The average molecular weight is 595 g/mol. The number of nitrogens with zero attached hydrogens (tertiary/aromatic N) is 2. The van der Waals surface area contributed by atoms with Gasteiger partial charge in [-0.15, -0.1) is 22.7 Å². The summed E-state index contributed by atoms with van der Waals surface area (Å²) in [6.07, 6.45) is 0. The van der Waals surface area contributed by atoms with Crippen LogP contribution < -0.4 is 0 Å². The molecule has 0 aliphatic heterocycles. The topological polar surface area (TPSA) is 25.8 Å². The molecule has 0 unspecified atom stereocenters. The van der Waals surface area contributed by atoms with Crippen molar-refractivity contribution in [3.63, 3.8) is 0 Å². The van der Waals surface area contributed by atoms with Crippen molar-refractivity contribution in [1.82, 2.24) is 9.97 Å². The fraction of sp³-hybridized carbons (Fsp3) is 0. The number of thiophene rings is 2. The van der Waals surface area contributed by atoms with E-state index in [1.807, 2.05) is 22.7 Å². The van der Waals surface area contributed by atoms with Crippen molar-refractivity contribution < 1.29 is 0 Å². The molecule has 0 saturated heterocycles. The van der Waals surface area contributed by atoms with Crippen molar-refractivity contribution in [2.45, 2.75) is 0 Å². The zero-order chi connectivity index (χ0) is 28.8. The van der Waals surface area contributed by atoms with Crippen LogP contribution in [0, 0.1) is 0 Å². The molecular formula is C40H22N2S2. The molecule has 10 aromatic rings. The molecule has 0 aliphatic rings. The van der Waals surface area contributed by atoms with Gasteiger partial charge < -0.3 is 0 Å². The van der Waals surface area contributed by atoms with E-state index in [2.05, 4.69) is 133 Å². The van der Waals surface area contributed by atoms with E-state index in [1.165, 1.54) is 61.9 Å². The predicted octanol–water partition coefficient (Wildman–Crippen LogP) is 12.0. The summed E-state index contributed by atoms with van der Waals surface area (Å²) in [5.41, 5.74) is 4.08. The second-order valence-electron chi connectivity index (χ2n) is 11.4. The highest BCUT2D eigenvalue weighted by molar-refractivity contribution is 7.26. The molecule has 0 amide bonds. The van der Waals surface area contributed by atoms with E-state index in [0.29, 0.717) is 0 Å². The standard InChI is InChI=1S/C40H22N2S2/c1-2-10-26-25(9-1)30-22-38-32(28-12-5-8-16-36(28)44-38)20-24(30)21-33(26)40-41-34-14-6-3-13-29(34)39(42-40)23-17-18-37-31(19-23)27-11-4-7-15-35(27)43-37/h1-22H. The average Bonchev–Trinajstić information content (AvgIpc) is 3.64. The van der Waals surface area contributed by atoms with Crippen molar-refractivity contribution in [3.05, 3.63) is 133 Å². The lowest BCUT2D eigenvalue weighted by Crippen LogP contribution is -1.96. The van der Waals surface area contributed by atoms with Gasteiger partial charge in [0.25, 0.3) is 0 Å². The van der Waals surface area contributed by atoms with Crippen LogP contribution in [0.15, 0.2) is 133 Å². The van der Waals surface area contributed by atoms with Crippen LogP contribution >= 0.6 is 22.7 Å². The summed E-state index contributed by atoms with van der Waals surface area (Å²) in [7, 11) is 0. The first-order valence-corrected chi connectivity index (χ1v) is 16.4. The van der Waals surface area contributed by atoms with Crippen molar-refractivity contribution in [1.29, 1.82) is 0 Å². The number of para-hydroxylation sites is 1. The van der Waals surface area contributed by atoms with Crippen LogP contribution in [-0.4, -0.2) is 9.97 Å². The SMILES string of the molecule is c1ccc2c(-c3ccc4sc5ccccc5c4c3)nc(-c3cc4cc5c(cc4c4ccccc34)sc3ccccc35)nc2c1.